The third kappa shape index (κ3) is 4.93. The second-order valence-electron chi connectivity index (χ2n) is 7.32. The highest BCUT2D eigenvalue weighted by Crippen LogP contribution is 2.29. The van der Waals surface area contributed by atoms with Gasteiger partial charge in [-0.2, -0.15) is 4.98 Å². The standard InChI is InChI=1S/C22H23N5O4S2/c1-3-10-27-19(29)17-18(24-21(33-17)26-11-6-7-12-26)25-22(27)32-13-16(28)23-15-9-5-4-8-14(15)20(30)31-2/h3-5,8-9H,1,6-7,10-13H2,2H3,(H,23,28). The Morgan fingerprint density at radius 1 is 1.27 bits per heavy atom. The highest BCUT2D eigenvalue weighted by Gasteiger charge is 2.21. The van der Waals surface area contributed by atoms with Crippen LogP contribution in [0.15, 0.2) is 46.9 Å². The summed E-state index contributed by atoms with van der Waals surface area (Å²) in [7, 11) is 1.28. The number of fused-ring (bicyclic) bond motifs is 1. The molecule has 1 aliphatic rings. The smallest absolute Gasteiger partial charge is 0.339 e. The van der Waals surface area contributed by atoms with Gasteiger partial charge in [-0.25, -0.2) is 9.78 Å². The van der Waals surface area contributed by atoms with E-state index in [4.69, 9.17) is 4.74 Å². The summed E-state index contributed by atoms with van der Waals surface area (Å²) < 4.78 is 6.76. The zero-order valence-corrected chi connectivity index (χ0v) is 19.7. The average Bonchev–Trinajstić information content (AvgIpc) is 3.50. The molecule has 0 aliphatic carbocycles. The van der Waals surface area contributed by atoms with Gasteiger partial charge in [-0.15, -0.1) is 6.58 Å². The lowest BCUT2D eigenvalue weighted by Gasteiger charge is -2.11. The number of hydrogen-bond acceptors (Lipinski definition) is 9. The van der Waals surface area contributed by atoms with Gasteiger partial charge in [0.1, 0.15) is 4.70 Å². The predicted molar refractivity (Wildman–Crippen MR) is 130 cm³/mol. The predicted octanol–water partition coefficient (Wildman–Crippen LogP) is 3.16. The normalized spacial score (nSPS) is 13.3. The Morgan fingerprint density at radius 2 is 2.03 bits per heavy atom. The molecule has 9 nitrogen and oxygen atoms in total. The zero-order chi connectivity index (χ0) is 23.4. The molecule has 172 valence electrons. The summed E-state index contributed by atoms with van der Waals surface area (Å²) in [5.41, 5.74) is 0.822. The van der Waals surface area contributed by atoms with E-state index in [1.54, 1.807) is 30.3 Å². The van der Waals surface area contributed by atoms with Crippen LogP contribution in [0, 0.1) is 0 Å². The number of esters is 1. The Balaban J connectivity index is 1.56. The average molecular weight is 486 g/mol. The van der Waals surface area contributed by atoms with E-state index in [1.165, 1.54) is 23.0 Å². The first-order valence-corrected chi connectivity index (χ1v) is 12.2. The van der Waals surface area contributed by atoms with E-state index in [9.17, 15) is 14.4 Å². The van der Waals surface area contributed by atoms with Crippen LogP contribution in [0.5, 0.6) is 0 Å². The summed E-state index contributed by atoms with van der Waals surface area (Å²) in [5, 5.41) is 3.92. The van der Waals surface area contributed by atoms with Gasteiger partial charge in [0.25, 0.3) is 5.56 Å². The number of thiazole rings is 1. The molecule has 1 fully saturated rings. The van der Waals surface area contributed by atoms with Gasteiger partial charge in [0, 0.05) is 19.6 Å². The van der Waals surface area contributed by atoms with Crippen LogP contribution in [-0.2, 0) is 16.1 Å². The number of para-hydroxylation sites is 1. The Bertz CT molecular complexity index is 1260. The van der Waals surface area contributed by atoms with Crippen molar-refractivity contribution in [3.05, 3.63) is 52.8 Å². The summed E-state index contributed by atoms with van der Waals surface area (Å²) in [4.78, 5) is 49.0. The Kier molecular flexibility index (Phi) is 7.09. The van der Waals surface area contributed by atoms with Gasteiger partial charge in [0.2, 0.25) is 5.91 Å². The molecule has 33 heavy (non-hydrogen) atoms. The third-order valence-electron chi connectivity index (χ3n) is 5.10. The van der Waals surface area contributed by atoms with Gasteiger partial charge < -0.3 is 15.0 Å². The first kappa shape index (κ1) is 23.0. The molecule has 3 heterocycles. The fourth-order valence-electron chi connectivity index (χ4n) is 3.52. The molecule has 0 spiro atoms. The Labute approximate surface area is 198 Å². The summed E-state index contributed by atoms with van der Waals surface area (Å²) in [6.45, 7) is 5.86. The maximum Gasteiger partial charge on any atom is 0.339 e. The minimum Gasteiger partial charge on any atom is -0.465 e. The van der Waals surface area contributed by atoms with E-state index in [1.807, 2.05) is 0 Å². The number of thioether (sulfide) groups is 1. The number of anilines is 2. The molecule has 1 aromatic carbocycles. The molecule has 0 atom stereocenters. The Hall–Kier alpha value is -3.18. The molecule has 1 saturated heterocycles. The van der Waals surface area contributed by atoms with E-state index in [-0.39, 0.29) is 29.3 Å². The number of nitrogens with one attached hydrogen (secondary N) is 1. The molecule has 1 amide bonds. The number of rotatable bonds is 8. The third-order valence-corrected chi connectivity index (χ3v) is 7.17. The summed E-state index contributed by atoms with van der Waals surface area (Å²) >= 11 is 2.49. The SMILES string of the molecule is C=CCn1c(SCC(=O)Nc2ccccc2C(=O)OC)nc2nc(N3CCCC3)sc2c1=O. The van der Waals surface area contributed by atoms with Gasteiger partial charge in [-0.05, 0) is 25.0 Å². The van der Waals surface area contributed by atoms with Crippen molar-refractivity contribution in [2.45, 2.75) is 24.5 Å². The van der Waals surface area contributed by atoms with Gasteiger partial charge in [0.15, 0.2) is 15.9 Å². The summed E-state index contributed by atoms with van der Waals surface area (Å²) in [6.07, 6.45) is 3.84. The van der Waals surface area contributed by atoms with E-state index in [2.05, 4.69) is 26.8 Å². The molecule has 0 saturated carbocycles. The fourth-order valence-corrected chi connectivity index (χ4v) is 5.32. The van der Waals surface area contributed by atoms with Crippen LogP contribution < -0.4 is 15.8 Å². The van der Waals surface area contributed by atoms with Crippen molar-refractivity contribution in [1.82, 2.24) is 14.5 Å². The van der Waals surface area contributed by atoms with E-state index in [0.717, 1.165) is 42.8 Å². The highest BCUT2D eigenvalue weighted by molar-refractivity contribution is 7.99. The molecule has 3 aromatic rings. The quantitative estimate of drug-likeness (QED) is 0.224. The van der Waals surface area contributed by atoms with Crippen LogP contribution in [0.2, 0.25) is 0 Å². The number of amides is 1. The maximum absolute atomic E-state index is 13.1. The zero-order valence-electron chi connectivity index (χ0n) is 18.1. The lowest BCUT2D eigenvalue weighted by Crippen LogP contribution is -2.23. The van der Waals surface area contributed by atoms with E-state index in [0.29, 0.717) is 21.2 Å². The van der Waals surface area contributed by atoms with Crippen LogP contribution in [0.25, 0.3) is 10.3 Å². The number of carbonyl (C=O) groups excluding carboxylic acids is 2. The minimum atomic E-state index is -0.539. The number of hydrogen-bond donors (Lipinski definition) is 1. The first-order valence-electron chi connectivity index (χ1n) is 10.4. The summed E-state index contributed by atoms with van der Waals surface area (Å²) in [6, 6.07) is 6.61. The van der Waals surface area contributed by atoms with Crippen molar-refractivity contribution in [3.63, 3.8) is 0 Å². The van der Waals surface area contributed by atoms with Crippen molar-refractivity contribution in [1.29, 1.82) is 0 Å². The van der Waals surface area contributed by atoms with E-state index >= 15 is 0 Å². The van der Waals surface area contributed by atoms with Crippen molar-refractivity contribution in [2.24, 2.45) is 0 Å². The Morgan fingerprint density at radius 3 is 2.76 bits per heavy atom. The number of carbonyl (C=O) groups is 2. The molecule has 0 unspecified atom stereocenters. The van der Waals surface area contributed by atoms with Crippen molar-refractivity contribution in [3.8, 4) is 0 Å². The minimum absolute atomic E-state index is 0.00623. The van der Waals surface area contributed by atoms with Crippen LogP contribution in [0.3, 0.4) is 0 Å². The highest BCUT2D eigenvalue weighted by atomic mass is 32.2. The summed E-state index contributed by atoms with van der Waals surface area (Å²) in [5.74, 6) is -0.886. The molecule has 0 bridgehead atoms. The fraction of sp³-hybridized carbons (Fsp3) is 0.318. The topological polar surface area (TPSA) is 106 Å². The molecule has 1 aliphatic heterocycles. The lowest BCUT2D eigenvalue weighted by molar-refractivity contribution is -0.113. The molecule has 0 radical (unpaired) electrons. The van der Waals surface area contributed by atoms with Crippen molar-refractivity contribution in [2.75, 3.05) is 36.2 Å². The van der Waals surface area contributed by atoms with Crippen LogP contribution >= 0.6 is 23.1 Å². The van der Waals surface area contributed by atoms with Gasteiger partial charge in [-0.3, -0.25) is 14.2 Å². The molecule has 1 N–H and O–H groups in total. The van der Waals surface area contributed by atoms with Crippen LogP contribution in [0.1, 0.15) is 23.2 Å². The van der Waals surface area contributed by atoms with Crippen LogP contribution in [-0.4, -0.2) is 52.4 Å². The molecular weight excluding hydrogens is 462 g/mol. The van der Waals surface area contributed by atoms with Gasteiger partial charge >= 0.3 is 5.97 Å². The molecule has 11 heteroatoms. The largest absolute Gasteiger partial charge is 0.465 e. The molecule has 4 rings (SSSR count). The van der Waals surface area contributed by atoms with Crippen molar-refractivity contribution >= 4 is 56.1 Å². The number of benzene rings is 1. The maximum atomic E-state index is 13.1. The van der Waals surface area contributed by atoms with Crippen molar-refractivity contribution < 1.29 is 14.3 Å². The van der Waals surface area contributed by atoms with Crippen LogP contribution in [0.4, 0.5) is 10.8 Å². The molecular formula is C22H23N5O4S2. The first-order chi connectivity index (χ1) is 16.0. The van der Waals surface area contributed by atoms with Gasteiger partial charge in [0.05, 0.1) is 24.1 Å². The van der Waals surface area contributed by atoms with E-state index < -0.39 is 5.97 Å². The monoisotopic (exact) mass is 485 g/mol. The number of nitrogens with zero attached hydrogens (tertiary/aromatic N) is 4. The number of allylic oxidation sites excluding steroid dienone is 1. The lowest BCUT2D eigenvalue weighted by atomic mass is 10.2. The number of aromatic nitrogens is 3. The second-order valence-corrected chi connectivity index (χ2v) is 9.24. The second kappa shape index (κ2) is 10.2. The number of methoxy groups -OCH3 is 1. The van der Waals surface area contributed by atoms with Gasteiger partial charge in [-0.1, -0.05) is 41.3 Å². The number of ether oxygens (including phenoxy) is 1. The molecule has 2 aromatic heterocycles.